The van der Waals surface area contributed by atoms with Gasteiger partial charge in [0.05, 0.1) is 0 Å². The van der Waals surface area contributed by atoms with Crippen LogP contribution in [0.5, 0.6) is 0 Å². The van der Waals surface area contributed by atoms with E-state index in [1.54, 1.807) is 24.3 Å². The van der Waals surface area contributed by atoms with Crippen LogP contribution in [0.15, 0.2) is 24.3 Å². The first-order chi connectivity index (χ1) is 9.40. The zero-order valence-electron chi connectivity index (χ0n) is 12.2. The van der Waals surface area contributed by atoms with E-state index in [2.05, 4.69) is 0 Å². The number of amides is 1. The summed E-state index contributed by atoms with van der Waals surface area (Å²) in [5.41, 5.74) is 5.51. The van der Waals surface area contributed by atoms with Crippen LogP contribution in [0.2, 0.25) is 0 Å². The molecule has 0 spiro atoms. The molecule has 6 nitrogen and oxygen atoms in total. The Kier molecular flexibility index (Phi) is 10.5. The zero-order valence-corrected chi connectivity index (χ0v) is 16.7. The molecule has 0 saturated carbocycles. The number of hydrogen-bond acceptors (Lipinski definition) is 5. The van der Waals surface area contributed by atoms with E-state index in [0.29, 0.717) is 5.56 Å². The molecule has 4 N–H and O–H groups in total. The molecule has 0 fully saturated rings. The molecule has 1 rings (SSSR count). The summed E-state index contributed by atoms with van der Waals surface area (Å²) in [6, 6.07) is 6.57. The number of hydrogen-bond donors (Lipinski definition) is 3. The number of aliphatic carboxylic acids is 2. The Morgan fingerprint density at radius 2 is 1.48 bits per heavy atom. The first-order valence-electron chi connectivity index (χ1n) is 5.29. The first-order valence-corrected chi connectivity index (χ1v) is 12.7. The zero-order chi connectivity index (χ0) is 15.1. The summed E-state index contributed by atoms with van der Waals surface area (Å²) in [4.78, 5) is 32.2. The molecule has 0 saturated heterocycles. The van der Waals surface area contributed by atoms with Gasteiger partial charge >= 0.3 is 156 Å². The van der Waals surface area contributed by atoms with Crippen molar-refractivity contribution >= 4 is 54.6 Å². The normalized spacial score (nSPS) is 9.95. The van der Waals surface area contributed by atoms with Crippen LogP contribution in [-0.4, -0.2) is 51.9 Å². The fourth-order valence-electron chi connectivity index (χ4n) is 1.16. The van der Waals surface area contributed by atoms with Crippen LogP contribution in [0.3, 0.4) is 0 Å². The van der Waals surface area contributed by atoms with Crippen molar-refractivity contribution in [3.05, 3.63) is 29.8 Å². The summed E-state index contributed by atoms with van der Waals surface area (Å²) in [5.74, 6) is -2.53. The van der Waals surface area contributed by atoms with Crippen molar-refractivity contribution in [3.8, 4) is 0 Å². The number of benzene rings is 1. The molecule has 1 aromatic rings. The molecule has 0 aliphatic heterocycles. The van der Waals surface area contributed by atoms with Gasteiger partial charge in [0, 0.05) is 0 Å². The van der Waals surface area contributed by atoms with Crippen molar-refractivity contribution < 1.29 is 55.6 Å². The molecule has 0 radical (unpaired) electrons. The largest absolute Gasteiger partial charge is 1.00 e. The second-order valence-corrected chi connectivity index (χ2v) is 15.0. The summed E-state index contributed by atoms with van der Waals surface area (Å²) in [5, 5.41) is 17.4. The number of carbonyl (C=O) groups excluding carboxylic acids is 1. The van der Waals surface area contributed by atoms with Crippen LogP contribution in [0.25, 0.3) is 0 Å². The van der Waals surface area contributed by atoms with Crippen molar-refractivity contribution in [2.45, 2.75) is 0 Å². The average Bonchev–Trinajstić information content (AvgIpc) is 2.38. The second-order valence-electron chi connectivity index (χ2n) is 3.50. The third kappa shape index (κ3) is 8.18. The number of carbonyl (C=O) groups is 3. The van der Waals surface area contributed by atoms with Gasteiger partial charge in [-0.2, -0.15) is 0 Å². The van der Waals surface area contributed by atoms with Gasteiger partial charge in [0.25, 0.3) is 0 Å². The number of carboxylic acid groups (broad SMARTS) is 2. The van der Waals surface area contributed by atoms with Crippen LogP contribution in [0.4, 0.5) is 0 Å². The summed E-state index contributed by atoms with van der Waals surface area (Å²) in [6.07, 6.45) is 0. The van der Waals surface area contributed by atoms with Crippen molar-refractivity contribution in [1.82, 2.24) is 0 Å². The number of carboxylic acids is 2. The van der Waals surface area contributed by atoms with Crippen LogP contribution < -0.4 is 39.6 Å². The maximum absolute atomic E-state index is 11.0. The predicted molar refractivity (Wildman–Crippen MR) is 81.6 cm³/mol. The molecule has 0 unspecified atom stereocenters. The molecule has 110 valence electrons. The molecule has 21 heavy (non-hydrogen) atoms. The third-order valence-corrected chi connectivity index (χ3v) is 14.8. The number of primary amides is 1. The van der Waals surface area contributed by atoms with Gasteiger partial charge in [0.15, 0.2) is 0 Å². The van der Waals surface area contributed by atoms with Crippen molar-refractivity contribution in [3.63, 3.8) is 0 Å². The Balaban J connectivity index is 0. The minimum absolute atomic E-state index is 0. The molecule has 10 heteroatoms. The molecule has 0 aliphatic rings. The SMILES string of the molecule is NC(=O)c1ccc([As](SCC(=O)O)SCC(=O)O)cc1.[H-].[Na+]. The first kappa shape index (κ1) is 20.9. The standard InChI is InChI=1S/C11H12AsNO5S2.Na.H/c13-11(18)7-1-3-8(4-2-7)12(19-5-9(14)15)20-6-10(16)17;;/h1-4H,5-6H2,(H2,13,18)(H,14,15)(H,16,17);;/q;+1;-1. The Hall–Kier alpha value is -0.112. The van der Waals surface area contributed by atoms with E-state index >= 15 is 0 Å². The second kappa shape index (κ2) is 10.6. The number of rotatable bonds is 8. The van der Waals surface area contributed by atoms with Crippen molar-refractivity contribution in [2.75, 3.05) is 11.5 Å². The predicted octanol–water partition coefficient (Wildman–Crippen LogP) is -2.77. The minimum Gasteiger partial charge on any atom is -1.00 e. The molecule has 0 aliphatic carbocycles. The van der Waals surface area contributed by atoms with Gasteiger partial charge < -0.3 is 1.43 Å². The summed E-state index contributed by atoms with van der Waals surface area (Å²) in [6.45, 7) is 0. The van der Waals surface area contributed by atoms with Gasteiger partial charge in [-0.15, -0.1) is 0 Å². The maximum atomic E-state index is 11.0. The number of nitrogens with two attached hydrogens (primary N) is 1. The molecule has 1 amide bonds. The van der Waals surface area contributed by atoms with Crippen LogP contribution >= 0.6 is 20.0 Å². The van der Waals surface area contributed by atoms with Crippen LogP contribution in [-0.2, 0) is 9.59 Å². The molecule has 0 aromatic heterocycles. The molecule has 0 bridgehead atoms. The van der Waals surface area contributed by atoms with Gasteiger partial charge in [0.1, 0.15) is 0 Å². The van der Waals surface area contributed by atoms with Crippen LogP contribution in [0.1, 0.15) is 11.8 Å². The Morgan fingerprint density at radius 1 is 1.05 bits per heavy atom. The summed E-state index contributed by atoms with van der Waals surface area (Å²) in [7, 11) is 2.54. The van der Waals surface area contributed by atoms with Gasteiger partial charge in [-0.25, -0.2) is 0 Å². The molecule has 0 heterocycles. The molecule has 1 aromatic carbocycles. The summed E-state index contributed by atoms with van der Waals surface area (Å²) < 4.78 is 0.889. The van der Waals surface area contributed by atoms with E-state index in [9.17, 15) is 14.4 Å². The monoisotopic (exact) mass is 401 g/mol. The fraction of sp³-hybridized carbons (Fsp3) is 0.182. The van der Waals surface area contributed by atoms with E-state index in [-0.39, 0.29) is 42.5 Å². The Labute approximate surface area is 156 Å². The van der Waals surface area contributed by atoms with Gasteiger partial charge in [-0.05, 0) is 0 Å². The topological polar surface area (TPSA) is 118 Å². The third-order valence-electron chi connectivity index (χ3n) is 1.97. The van der Waals surface area contributed by atoms with Crippen molar-refractivity contribution in [1.29, 1.82) is 0 Å². The molecule has 0 atom stereocenters. The van der Waals surface area contributed by atoms with E-state index in [1.165, 1.54) is 20.0 Å². The molecular weight excluding hydrogens is 388 g/mol. The average molecular weight is 401 g/mol. The summed E-state index contributed by atoms with van der Waals surface area (Å²) >= 11 is -1.91. The Morgan fingerprint density at radius 3 is 1.81 bits per heavy atom. The van der Waals surface area contributed by atoms with E-state index in [0.717, 1.165) is 4.35 Å². The quantitative estimate of drug-likeness (QED) is 0.404. The minimum atomic E-state index is -1.91. The van der Waals surface area contributed by atoms with Gasteiger partial charge in [-0.3, -0.25) is 0 Å². The van der Waals surface area contributed by atoms with E-state index < -0.39 is 30.2 Å². The van der Waals surface area contributed by atoms with E-state index in [1.807, 2.05) is 0 Å². The smallest absolute Gasteiger partial charge is 1.00 e. The molecular formula is C11H13AsNNaO5S2. The van der Waals surface area contributed by atoms with Gasteiger partial charge in [-0.1, -0.05) is 0 Å². The maximum Gasteiger partial charge on any atom is 1.00 e. The van der Waals surface area contributed by atoms with Crippen molar-refractivity contribution in [2.24, 2.45) is 5.73 Å². The van der Waals surface area contributed by atoms with Crippen LogP contribution in [0, 0.1) is 0 Å². The Bertz CT molecular complexity index is 502. The van der Waals surface area contributed by atoms with E-state index in [4.69, 9.17) is 15.9 Å². The van der Waals surface area contributed by atoms with Gasteiger partial charge in [0.2, 0.25) is 0 Å². The fourth-order valence-corrected chi connectivity index (χ4v) is 12.1.